The van der Waals surface area contributed by atoms with Crippen molar-refractivity contribution in [3.8, 4) is 0 Å². The number of hydrogen-bond donors (Lipinski definition) is 3. The third-order valence-corrected chi connectivity index (χ3v) is 4.88. The highest BCUT2D eigenvalue weighted by Gasteiger charge is 2.27. The molecule has 0 amide bonds. The largest absolute Gasteiger partial charge is 0.466 e. The number of aliphatic hydroxyl groups is 1. The summed E-state index contributed by atoms with van der Waals surface area (Å²) in [5.41, 5.74) is 0.682. The van der Waals surface area contributed by atoms with Gasteiger partial charge in [-0.15, -0.1) is 24.0 Å². The molecule has 0 fully saturated rings. The van der Waals surface area contributed by atoms with Gasteiger partial charge >= 0.3 is 0 Å². The molecule has 2 aromatic rings. The van der Waals surface area contributed by atoms with Crippen molar-refractivity contribution >= 4 is 29.9 Å². The summed E-state index contributed by atoms with van der Waals surface area (Å²) < 4.78 is 7.33. The predicted molar refractivity (Wildman–Crippen MR) is 132 cm³/mol. The van der Waals surface area contributed by atoms with E-state index in [-0.39, 0.29) is 36.1 Å². The molecule has 1 atom stereocenters. The summed E-state index contributed by atoms with van der Waals surface area (Å²) in [7, 11) is 0. The van der Waals surface area contributed by atoms with Gasteiger partial charge in [0, 0.05) is 37.0 Å². The molecule has 8 heteroatoms. The van der Waals surface area contributed by atoms with Crippen LogP contribution in [0.15, 0.2) is 38.5 Å². The molecule has 30 heavy (non-hydrogen) atoms. The molecular weight excluding hydrogens is 495 g/mol. The number of rotatable bonds is 9. The van der Waals surface area contributed by atoms with E-state index in [0.717, 1.165) is 42.9 Å². The van der Waals surface area contributed by atoms with E-state index in [2.05, 4.69) is 15.6 Å². The van der Waals surface area contributed by atoms with E-state index in [1.54, 1.807) is 23.6 Å². The van der Waals surface area contributed by atoms with E-state index in [1.807, 2.05) is 39.8 Å². The maximum atomic E-state index is 11.9. The molecule has 0 aliphatic heterocycles. The molecule has 1 unspecified atom stereocenters. The predicted octanol–water partition coefficient (Wildman–Crippen LogP) is 3.23. The number of nitrogens with zero attached hydrogens (tertiary/aromatic N) is 2. The van der Waals surface area contributed by atoms with Crippen LogP contribution in [-0.2, 0) is 12.1 Å². The zero-order valence-corrected chi connectivity index (χ0v) is 20.9. The summed E-state index contributed by atoms with van der Waals surface area (Å²) in [4.78, 5) is 16.5. The van der Waals surface area contributed by atoms with Gasteiger partial charge < -0.3 is 24.7 Å². The Labute approximate surface area is 196 Å². The average Bonchev–Trinajstić information content (AvgIpc) is 3.00. The number of guanidine groups is 1. The van der Waals surface area contributed by atoms with Gasteiger partial charge in [0.05, 0.1) is 6.54 Å². The van der Waals surface area contributed by atoms with Gasteiger partial charge in [0.2, 0.25) is 0 Å². The minimum absolute atomic E-state index is 0. The number of pyridine rings is 1. The Balaban J connectivity index is 0.00000450. The van der Waals surface area contributed by atoms with Crippen molar-refractivity contribution in [2.45, 2.75) is 59.6 Å². The van der Waals surface area contributed by atoms with E-state index in [9.17, 15) is 9.90 Å². The number of halogens is 1. The van der Waals surface area contributed by atoms with Crippen molar-refractivity contribution in [1.82, 2.24) is 15.2 Å². The van der Waals surface area contributed by atoms with Crippen LogP contribution in [0.1, 0.15) is 49.5 Å². The fraction of sp³-hybridized carbons (Fsp3) is 0.545. The Kier molecular flexibility index (Phi) is 10.6. The lowest BCUT2D eigenvalue weighted by Gasteiger charge is -2.21. The standard InChI is InChI=1S/C22H34N4O3.HI/c1-6-23-21(25-15-22(5,28)19-14-17(3)29-18(19)4)24-12-7-8-13-26-16(2)10-9-11-20(26)27;/h9-11,14,28H,6-8,12-13,15H2,1-5H3,(H2,23,24,25);1H. The summed E-state index contributed by atoms with van der Waals surface area (Å²) >= 11 is 0. The fourth-order valence-corrected chi connectivity index (χ4v) is 3.34. The summed E-state index contributed by atoms with van der Waals surface area (Å²) in [6.45, 7) is 11.8. The third-order valence-electron chi connectivity index (χ3n) is 4.88. The molecular formula is C22H35IN4O3. The van der Waals surface area contributed by atoms with Crippen molar-refractivity contribution < 1.29 is 9.52 Å². The second-order valence-electron chi connectivity index (χ2n) is 7.59. The quantitative estimate of drug-likeness (QED) is 0.201. The molecule has 168 valence electrons. The van der Waals surface area contributed by atoms with Crippen LogP contribution >= 0.6 is 24.0 Å². The number of nitrogens with one attached hydrogen (secondary N) is 2. The van der Waals surface area contributed by atoms with Crippen molar-refractivity contribution in [2.75, 3.05) is 19.6 Å². The van der Waals surface area contributed by atoms with Gasteiger partial charge in [0.1, 0.15) is 17.1 Å². The summed E-state index contributed by atoms with van der Waals surface area (Å²) in [5, 5.41) is 17.3. The van der Waals surface area contributed by atoms with Crippen LogP contribution in [0.5, 0.6) is 0 Å². The van der Waals surface area contributed by atoms with Gasteiger partial charge in [0.15, 0.2) is 5.96 Å². The number of aromatic nitrogens is 1. The highest BCUT2D eigenvalue weighted by Crippen LogP contribution is 2.27. The van der Waals surface area contributed by atoms with E-state index in [1.165, 1.54) is 0 Å². The Bertz CT molecular complexity index is 887. The topological polar surface area (TPSA) is 91.8 Å². The first-order valence-electron chi connectivity index (χ1n) is 10.2. The van der Waals surface area contributed by atoms with Gasteiger partial charge in [-0.2, -0.15) is 0 Å². The van der Waals surface area contributed by atoms with Crippen LogP contribution in [0.25, 0.3) is 0 Å². The molecule has 0 spiro atoms. The van der Waals surface area contributed by atoms with Crippen LogP contribution in [-0.4, -0.2) is 35.3 Å². The molecule has 2 heterocycles. The van der Waals surface area contributed by atoms with E-state index in [0.29, 0.717) is 18.3 Å². The van der Waals surface area contributed by atoms with Crippen molar-refractivity contribution in [3.05, 3.63) is 57.4 Å². The molecule has 0 saturated carbocycles. The highest BCUT2D eigenvalue weighted by molar-refractivity contribution is 14.0. The van der Waals surface area contributed by atoms with Crippen LogP contribution in [0.4, 0.5) is 0 Å². The number of unbranched alkanes of at least 4 members (excludes halogenated alkanes) is 1. The van der Waals surface area contributed by atoms with Crippen molar-refractivity contribution in [3.63, 3.8) is 0 Å². The SMILES string of the molecule is CCNC(=NCC(C)(O)c1cc(C)oc1C)NCCCCn1c(C)cccc1=O.I. The van der Waals surface area contributed by atoms with Crippen LogP contribution in [0, 0.1) is 20.8 Å². The molecule has 0 aliphatic carbocycles. The Hall–Kier alpha value is -1.81. The van der Waals surface area contributed by atoms with E-state index >= 15 is 0 Å². The van der Waals surface area contributed by atoms with E-state index < -0.39 is 5.60 Å². The van der Waals surface area contributed by atoms with Gasteiger partial charge in [0.25, 0.3) is 5.56 Å². The molecule has 3 N–H and O–H groups in total. The first-order valence-corrected chi connectivity index (χ1v) is 10.2. The van der Waals surface area contributed by atoms with Crippen molar-refractivity contribution in [2.24, 2.45) is 4.99 Å². The Morgan fingerprint density at radius 1 is 1.23 bits per heavy atom. The zero-order valence-electron chi connectivity index (χ0n) is 18.6. The minimum atomic E-state index is -1.10. The maximum Gasteiger partial charge on any atom is 0.250 e. The molecule has 0 bridgehead atoms. The second-order valence-corrected chi connectivity index (χ2v) is 7.59. The number of furan rings is 1. The number of aliphatic imine (C=N–C) groups is 1. The van der Waals surface area contributed by atoms with E-state index in [4.69, 9.17) is 4.42 Å². The van der Waals surface area contributed by atoms with Crippen LogP contribution < -0.4 is 16.2 Å². The van der Waals surface area contributed by atoms with Gasteiger partial charge in [-0.05, 0) is 59.6 Å². The lowest BCUT2D eigenvalue weighted by molar-refractivity contribution is 0.0657. The van der Waals surface area contributed by atoms with Gasteiger partial charge in [-0.25, -0.2) is 4.99 Å². The summed E-state index contributed by atoms with van der Waals surface area (Å²) in [6.07, 6.45) is 1.80. The number of aryl methyl sites for hydroxylation is 3. The molecule has 0 aromatic carbocycles. The van der Waals surface area contributed by atoms with Crippen LogP contribution in [0.3, 0.4) is 0 Å². The molecule has 0 aliphatic rings. The maximum absolute atomic E-state index is 11.9. The fourth-order valence-electron chi connectivity index (χ4n) is 3.34. The molecule has 7 nitrogen and oxygen atoms in total. The lowest BCUT2D eigenvalue weighted by Crippen LogP contribution is -2.39. The molecule has 0 radical (unpaired) electrons. The smallest absolute Gasteiger partial charge is 0.250 e. The third kappa shape index (κ3) is 7.46. The molecule has 2 rings (SSSR count). The minimum Gasteiger partial charge on any atom is -0.466 e. The Morgan fingerprint density at radius 2 is 1.97 bits per heavy atom. The van der Waals surface area contributed by atoms with Gasteiger partial charge in [-0.3, -0.25) is 4.79 Å². The van der Waals surface area contributed by atoms with Crippen LogP contribution in [0.2, 0.25) is 0 Å². The first kappa shape index (κ1) is 26.2. The highest BCUT2D eigenvalue weighted by atomic mass is 127. The average molecular weight is 530 g/mol. The van der Waals surface area contributed by atoms with Crippen molar-refractivity contribution in [1.29, 1.82) is 0 Å². The monoisotopic (exact) mass is 530 g/mol. The normalized spacial score (nSPS) is 13.5. The molecule has 0 saturated heterocycles. The first-order chi connectivity index (χ1) is 13.7. The Morgan fingerprint density at radius 3 is 2.57 bits per heavy atom. The lowest BCUT2D eigenvalue weighted by atomic mass is 9.96. The van der Waals surface area contributed by atoms with Gasteiger partial charge in [-0.1, -0.05) is 6.07 Å². The summed E-state index contributed by atoms with van der Waals surface area (Å²) in [5.74, 6) is 2.16. The molecule has 2 aromatic heterocycles. The zero-order chi connectivity index (χ0) is 21.4. The number of hydrogen-bond acceptors (Lipinski definition) is 4. The summed E-state index contributed by atoms with van der Waals surface area (Å²) in [6, 6.07) is 7.19. The second kappa shape index (κ2) is 12.1.